The van der Waals surface area contributed by atoms with Gasteiger partial charge in [-0.2, -0.15) is 0 Å². The van der Waals surface area contributed by atoms with E-state index in [4.69, 9.17) is 0 Å². The first-order valence-corrected chi connectivity index (χ1v) is 5.24. The van der Waals surface area contributed by atoms with E-state index in [2.05, 4.69) is 0 Å². The number of imide groups is 2. The van der Waals surface area contributed by atoms with Gasteiger partial charge in [-0.3, -0.25) is 19.4 Å². The van der Waals surface area contributed by atoms with E-state index < -0.39 is 17.8 Å². The molecule has 0 aromatic heterocycles. The van der Waals surface area contributed by atoms with Gasteiger partial charge in [0.05, 0.1) is 6.54 Å². The molecule has 0 saturated carbocycles. The van der Waals surface area contributed by atoms with Gasteiger partial charge in [0.15, 0.2) is 0 Å². The molecule has 0 atom stereocenters. The fourth-order valence-corrected chi connectivity index (χ4v) is 1.66. The lowest BCUT2D eigenvalue weighted by Gasteiger charge is -2.30. The number of nitrogens with zero attached hydrogens (tertiary/aromatic N) is 2. The topological polar surface area (TPSA) is 57.7 Å². The minimum atomic E-state index is -0.560. The maximum atomic E-state index is 11.8. The molecule has 1 fully saturated rings. The third-order valence-electron chi connectivity index (χ3n) is 2.68. The highest BCUT2D eigenvalue weighted by atomic mass is 16.2. The summed E-state index contributed by atoms with van der Waals surface area (Å²) in [6, 6.07) is 8.63. The molecule has 0 radical (unpaired) electrons. The van der Waals surface area contributed by atoms with Gasteiger partial charge in [0, 0.05) is 7.05 Å². The fraction of sp³-hybridized carbons (Fsp3) is 0.250. The minimum Gasteiger partial charge on any atom is -0.274 e. The summed E-state index contributed by atoms with van der Waals surface area (Å²) in [6.45, 7) is 0.204. The summed E-state index contributed by atoms with van der Waals surface area (Å²) in [6.07, 6.45) is -0.241. The smallest absolute Gasteiger partial charge is 0.274 e. The van der Waals surface area contributed by atoms with Gasteiger partial charge in [-0.05, 0) is 5.56 Å². The number of carbonyl (C=O) groups excluding carboxylic acids is 3. The third kappa shape index (κ3) is 2.18. The maximum absolute atomic E-state index is 11.8. The van der Waals surface area contributed by atoms with E-state index in [9.17, 15) is 14.4 Å². The Bertz CT molecular complexity index is 470. The van der Waals surface area contributed by atoms with Gasteiger partial charge in [-0.15, -0.1) is 0 Å². The highest BCUT2D eigenvalue weighted by Crippen LogP contribution is 2.14. The second-order valence-electron chi connectivity index (χ2n) is 3.88. The molecule has 88 valence electrons. The number of benzene rings is 1. The second-order valence-corrected chi connectivity index (χ2v) is 3.88. The molecule has 0 unspecified atom stereocenters. The Morgan fingerprint density at radius 2 is 1.71 bits per heavy atom. The van der Waals surface area contributed by atoms with Crippen LogP contribution in [0, 0.1) is 0 Å². The van der Waals surface area contributed by atoms with E-state index in [0.29, 0.717) is 0 Å². The second kappa shape index (κ2) is 4.37. The van der Waals surface area contributed by atoms with Crippen molar-refractivity contribution in [3.05, 3.63) is 35.9 Å². The quantitative estimate of drug-likeness (QED) is 0.715. The third-order valence-corrected chi connectivity index (χ3v) is 2.68. The fourth-order valence-electron chi connectivity index (χ4n) is 1.66. The Balaban J connectivity index is 2.18. The van der Waals surface area contributed by atoms with Gasteiger partial charge in [0.25, 0.3) is 0 Å². The number of urea groups is 1. The average molecular weight is 232 g/mol. The number of barbiturate groups is 1. The molecule has 0 bridgehead atoms. The van der Waals surface area contributed by atoms with E-state index in [-0.39, 0.29) is 13.0 Å². The van der Waals surface area contributed by atoms with E-state index in [1.54, 1.807) is 0 Å². The summed E-state index contributed by atoms with van der Waals surface area (Å²) >= 11 is 0. The minimum absolute atomic E-state index is 0.204. The van der Waals surface area contributed by atoms with Crippen LogP contribution >= 0.6 is 0 Å². The SMILES string of the molecule is CN1C(=O)CC(=O)N(Cc2ccccc2)C1=O. The molecule has 0 spiro atoms. The summed E-state index contributed by atoms with van der Waals surface area (Å²) in [5, 5.41) is 0. The van der Waals surface area contributed by atoms with Crippen LogP contribution in [0.25, 0.3) is 0 Å². The molecule has 5 heteroatoms. The normalized spacial score (nSPS) is 16.6. The lowest BCUT2D eigenvalue weighted by molar-refractivity contribution is -0.142. The van der Waals surface area contributed by atoms with Gasteiger partial charge in [-0.25, -0.2) is 4.79 Å². The predicted octanol–water partition coefficient (Wildman–Crippen LogP) is 0.997. The van der Waals surface area contributed by atoms with Crippen LogP contribution in [0.15, 0.2) is 30.3 Å². The predicted molar refractivity (Wildman–Crippen MR) is 59.8 cm³/mol. The molecule has 1 aliphatic heterocycles. The monoisotopic (exact) mass is 232 g/mol. The van der Waals surface area contributed by atoms with Crippen molar-refractivity contribution in [3.8, 4) is 0 Å². The molecule has 1 heterocycles. The number of rotatable bonds is 2. The Hall–Kier alpha value is -2.17. The van der Waals surface area contributed by atoms with Crippen LogP contribution in [0.4, 0.5) is 4.79 Å². The summed E-state index contributed by atoms with van der Waals surface area (Å²) in [5.74, 6) is -0.897. The van der Waals surface area contributed by atoms with Crippen LogP contribution < -0.4 is 0 Å². The summed E-state index contributed by atoms with van der Waals surface area (Å²) in [5.41, 5.74) is 0.858. The molecule has 1 aromatic rings. The van der Waals surface area contributed by atoms with Crippen molar-refractivity contribution < 1.29 is 14.4 Å². The first-order chi connectivity index (χ1) is 8.09. The molecule has 1 aliphatic rings. The van der Waals surface area contributed by atoms with Crippen LogP contribution in [-0.2, 0) is 16.1 Å². The van der Waals surface area contributed by atoms with Crippen molar-refractivity contribution in [2.45, 2.75) is 13.0 Å². The van der Waals surface area contributed by atoms with Crippen LogP contribution in [0.1, 0.15) is 12.0 Å². The molecule has 0 aliphatic carbocycles. The number of hydrogen-bond donors (Lipinski definition) is 0. The van der Waals surface area contributed by atoms with Crippen molar-refractivity contribution in [1.29, 1.82) is 0 Å². The van der Waals surface area contributed by atoms with E-state index in [0.717, 1.165) is 15.4 Å². The maximum Gasteiger partial charge on any atom is 0.333 e. The average Bonchev–Trinajstić information content (AvgIpc) is 2.33. The van der Waals surface area contributed by atoms with Gasteiger partial charge in [0.2, 0.25) is 11.8 Å². The van der Waals surface area contributed by atoms with Crippen molar-refractivity contribution in [1.82, 2.24) is 9.80 Å². The zero-order chi connectivity index (χ0) is 12.4. The lowest BCUT2D eigenvalue weighted by Crippen LogP contribution is -2.52. The van der Waals surface area contributed by atoms with E-state index in [1.165, 1.54) is 7.05 Å². The van der Waals surface area contributed by atoms with Gasteiger partial charge in [0.1, 0.15) is 6.42 Å². The summed E-state index contributed by atoms with van der Waals surface area (Å²) in [7, 11) is 1.38. The highest BCUT2D eigenvalue weighted by Gasteiger charge is 2.35. The zero-order valence-electron chi connectivity index (χ0n) is 9.42. The van der Waals surface area contributed by atoms with Crippen LogP contribution in [0.3, 0.4) is 0 Å². The molecular formula is C12H12N2O3. The van der Waals surface area contributed by atoms with E-state index in [1.807, 2.05) is 30.3 Å². The van der Waals surface area contributed by atoms with Crippen molar-refractivity contribution in [3.63, 3.8) is 0 Å². The van der Waals surface area contributed by atoms with Crippen molar-refractivity contribution >= 4 is 17.8 Å². The van der Waals surface area contributed by atoms with Crippen molar-refractivity contribution in [2.75, 3.05) is 7.05 Å². The Morgan fingerprint density at radius 3 is 2.35 bits per heavy atom. The van der Waals surface area contributed by atoms with Gasteiger partial charge < -0.3 is 0 Å². The molecule has 4 amide bonds. The number of amides is 4. The van der Waals surface area contributed by atoms with Crippen molar-refractivity contribution in [2.24, 2.45) is 0 Å². The molecule has 17 heavy (non-hydrogen) atoms. The van der Waals surface area contributed by atoms with E-state index >= 15 is 0 Å². The Morgan fingerprint density at radius 1 is 1.06 bits per heavy atom. The standard InChI is InChI=1S/C12H12N2O3/c1-13-10(15)7-11(16)14(12(13)17)8-9-5-3-2-4-6-9/h2-6H,7-8H2,1H3. The molecule has 0 N–H and O–H groups in total. The largest absolute Gasteiger partial charge is 0.333 e. The molecule has 2 rings (SSSR count). The zero-order valence-corrected chi connectivity index (χ0v) is 9.42. The molecule has 5 nitrogen and oxygen atoms in total. The first kappa shape index (κ1) is 11.3. The number of hydrogen-bond acceptors (Lipinski definition) is 3. The summed E-state index contributed by atoms with van der Waals surface area (Å²) < 4.78 is 0. The molecule has 1 saturated heterocycles. The molecule has 1 aromatic carbocycles. The van der Waals surface area contributed by atoms with Crippen LogP contribution in [0.5, 0.6) is 0 Å². The summed E-state index contributed by atoms with van der Waals surface area (Å²) in [4.78, 5) is 36.7. The Labute approximate surface area is 98.6 Å². The van der Waals surface area contributed by atoms with Gasteiger partial charge >= 0.3 is 6.03 Å². The Kier molecular flexibility index (Phi) is 2.91. The lowest BCUT2D eigenvalue weighted by atomic mass is 10.2. The molecular weight excluding hydrogens is 220 g/mol. The first-order valence-electron chi connectivity index (χ1n) is 5.24. The van der Waals surface area contributed by atoms with Crippen LogP contribution in [0.2, 0.25) is 0 Å². The highest BCUT2D eigenvalue weighted by molar-refractivity contribution is 6.13. The number of carbonyl (C=O) groups is 3. The van der Waals surface area contributed by atoms with Gasteiger partial charge in [-0.1, -0.05) is 30.3 Å². The van der Waals surface area contributed by atoms with Crippen LogP contribution in [-0.4, -0.2) is 34.7 Å².